The normalized spacial score (nSPS) is 25.9. The fourth-order valence-electron chi connectivity index (χ4n) is 4.52. The molecule has 2 atom stereocenters. The minimum absolute atomic E-state index is 0.0777. The van der Waals surface area contributed by atoms with Crippen LogP contribution in [0.5, 0.6) is 0 Å². The van der Waals surface area contributed by atoms with Crippen LogP contribution < -0.4 is 4.90 Å². The van der Waals surface area contributed by atoms with Crippen molar-refractivity contribution in [3.05, 3.63) is 31.2 Å². The van der Waals surface area contributed by atoms with Gasteiger partial charge >= 0.3 is 0 Å². The first-order chi connectivity index (χ1) is 11.7. The summed E-state index contributed by atoms with van der Waals surface area (Å²) in [4.78, 5) is 27.8. The highest BCUT2D eigenvalue weighted by atomic mass is 16.2. The predicted molar refractivity (Wildman–Crippen MR) is 93.6 cm³/mol. The summed E-state index contributed by atoms with van der Waals surface area (Å²) in [5.41, 5.74) is 0.883. The van der Waals surface area contributed by atoms with Crippen LogP contribution >= 0.6 is 0 Å². The number of aromatic amines is 1. The number of H-pyrrole nitrogens is 1. The van der Waals surface area contributed by atoms with Crippen molar-refractivity contribution >= 4 is 22.8 Å². The molecule has 2 aromatic heterocycles. The Kier molecular flexibility index (Phi) is 3.75. The minimum Gasteiger partial charge on any atom is -0.359 e. The summed E-state index contributed by atoms with van der Waals surface area (Å²) in [6, 6.07) is 2.03. The summed E-state index contributed by atoms with van der Waals surface area (Å²) < 4.78 is 0. The van der Waals surface area contributed by atoms with Crippen molar-refractivity contribution in [1.29, 1.82) is 0 Å². The molecule has 2 fully saturated rings. The van der Waals surface area contributed by atoms with E-state index in [9.17, 15) is 4.79 Å². The van der Waals surface area contributed by atoms with Gasteiger partial charge in [0.15, 0.2) is 0 Å². The Bertz CT molecular complexity index is 756. The highest BCUT2D eigenvalue weighted by molar-refractivity contribution is 5.87. The largest absolute Gasteiger partial charge is 0.359 e. The van der Waals surface area contributed by atoms with E-state index in [1.807, 2.05) is 17.2 Å². The van der Waals surface area contributed by atoms with E-state index in [1.54, 1.807) is 6.33 Å². The van der Waals surface area contributed by atoms with Gasteiger partial charge < -0.3 is 14.8 Å². The van der Waals surface area contributed by atoms with Crippen LogP contribution in [0, 0.1) is 17.8 Å². The number of likely N-dealkylation sites (tertiary alicyclic amines) is 1. The number of nitrogens with one attached hydrogen (secondary N) is 1. The molecule has 2 aliphatic rings. The molecule has 6 heteroatoms. The molecule has 2 aromatic rings. The standard InChI is InChI=1S/C18H23N5O/c1-3-16(24)23-9-13-6-12(7-14(13)10-23)8-22(2)18-15-4-5-19-17(15)20-11-21-18/h3-5,11-14H,1,6-10H2,2H3,(H,19,20,21). The molecule has 1 saturated heterocycles. The van der Waals surface area contributed by atoms with Gasteiger partial charge in [-0.25, -0.2) is 9.97 Å². The summed E-state index contributed by atoms with van der Waals surface area (Å²) in [5, 5.41) is 1.07. The molecule has 1 aliphatic heterocycles. The molecule has 0 spiro atoms. The number of nitrogens with zero attached hydrogens (tertiary/aromatic N) is 4. The van der Waals surface area contributed by atoms with Crippen LogP contribution in [0.15, 0.2) is 31.2 Å². The smallest absolute Gasteiger partial charge is 0.245 e. The first-order valence-corrected chi connectivity index (χ1v) is 8.56. The maximum atomic E-state index is 11.8. The van der Waals surface area contributed by atoms with Crippen LogP contribution in [0.25, 0.3) is 11.0 Å². The lowest BCUT2D eigenvalue weighted by molar-refractivity contribution is -0.125. The molecule has 1 saturated carbocycles. The second-order valence-electron chi connectivity index (χ2n) is 7.12. The Morgan fingerprint density at radius 1 is 1.42 bits per heavy atom. The number of carbonyl (C=O) groups is 1. The van der Waals surface area contributed by atoms with Crippen LogP contribution in [0.2, 0.25) is 0 Å². The molecule has 1 amide bonds. The van der Waals surface area contributed by atoms with E-state index in [0.29, 0.717) is 17.8 Å². The lowest BCUT2D eigenvalue weighted by Crippen LogP contribution is -2.30. The average molecular weight is 325 g/mol. The van der Waals surface area contributed by atoms with Crippen molar-refractivity contribution in [1.82, 2.24) is 19.9 Å². The van der Waals surface area contributed by atoms with Gasteiger partial charge in [0.05, 0.1) is 5.39 Å². The summed E-state index contributed by atoms with van der Waals surface area (Å²) in [5.74, 6) is 3.01. The van der Waals surface area contributed by atoms with E-state index in [1.165, 1.54) is 18.9 Å². The molecule has 4 rings (SSSR count). The lowest BCUT2D eigenvalue weighted by Gasteiger charge is -2.24. The Hall–Kier alpha value is -2.37. The summed E-state index contributed by atoms with van der Waals surface area (Å²) in [7, 11) is 2.11. The van der Waals surface area contributed by atoms with Gasteiger partial charge in [-0.05, 0) is 42.7 Å². The van der Waals surface area contributed by atoms with Crippen LogP contribution in [-0.4, -0.2) is 52.4 Å². The molecule has 6 nitrogen and oxygen atoms in total. The predicted octanol–water partition coefficient (Wildman–Crippen LogP) is 2.06. The number of aromatic nitrogens is 3. The van der Waals surface area contributed by atoms with Gasteiger partial charge in [-0.2, -0.15) is 0 Å². The highest BCUT2D eigenvalue weighted by Crippen LogP contribution is 2.42. The second-order valence-corrected chi connectivity index (χ2v) is 7.12. The van der Waals surface area contributed by atoms with Crippen molar-refractivity contribution in [3.8, 4) is 0 Å². The highest BCUT2D eigenvalue weighted by Gasteiger charge is 2.42. The molecular weight excluding hydrogens is 302 g/mol. The summed E-state index contributed by atoms with van der Waals surface area (Å²) in [6.45, 7) is 6.38. The number of anilines is 1. The molecule has 3 heterocycles. The maximum absolute atomic E-state index is 11.8. The maximum Gasteiger partial charge on any atom is 0.245 e. The fraction of sp³-hybridized carbons (Fsp3) is 0.500. The van der Waals surface area contributed by atoms with E-state index in [0.717, 1.165) is 36.5 Å². The molecule has 0 radical (unpaired) electrons. The zero-order valence-electron chi connectivity index (χ0n) is 14.0. The van der Waals surface area contributed by atoms with Gasteiger partial charge in [-0.15, -0.1) is 0 Å². The zero-order valence-corrected chi connectivity index (χ0v) is 14.0. The van der Waals surface area contributed by atoms with E-state index in [-0.39, 0.29) is 5.91 Å². The summed E-state index contributed by atoms with van der Waals surface area (Å²) >= 11 is 0. The molecule has 0 aromatic carbocycles. The third-order valence-electron chi connectivity index (χ3n) is 5.56. The molecule has 0 bridgehead atoms. The third kappa shape index (κ3) is 2.56. The molecule has 1 aliphatic carbocycles. The van der Waals surface area contributed by atoms with E-state index < -0.39 is 0 Å². The Morgan fingerprint density at radius 2 is 2.17 bits per heavy atom. The van der Waals surface area contributed by atoms with Crippen molar-refractivity contribution < 1.29 is 4.79 Å². The van der Waals surface area contributed by atoms with Crippen molar-refractivity contribution in [3.63, 3.8) is 0 Å². The van der Waals surface area contributed by atoms with Crippen LogP contribution in [0.4, 0.5) is 5.82 Å². The van der Waals surface area contributed by atoms with Crippen molar-refractivity contribution in [2.75, 3.05) is 31.6 Å². The van der Waals surface area contributed by atoms with E-state index >= 15 is 0 Å². The molecule has 126 valence electrons. The first-order valence-electron chi connectivity index (χ1n) is 8.56. The number of carbonyl (C=O) groups excluding carboxylic acids is 1. The number of amides is 1. The first kappa shape index (κ1) is 15.2. The number of hydrogen-bond acceptors (Lipinski definition) is 4. The molecule has 1 N–H and O–H groups in total. The fourth-order valence-corrected chi connectivity index (χ4v) is 4.52. The molecule has 2 unspecified atom stereocenters. The molecular formula is C18H23N5O. The topological polar surface area (TPSA) is 65.1 Å². The minimum atomic E-state index is 0.0777. The van der Waals surface area contributed by atoms with Crippen LogP contribution in [0.1, 0.15) is 12.8 Å². The van der Waals surface area contributed by atoms with Gasteiger partial charge in [0, 0.05) is 32.9 Å². The number of hydrogen-bond donors (Lipinski definition) is 1. The Morgan fingerprint density at radius 3 is 2.88 bits per heavy atom. The molecule has 24 heavy (non-hydrogen) atoms. The van der Waals surface area contributed by atoms with Gasteiger partial charge in [0.25, 0.3) is 0 Å². The Labute approximate surface area is 141 Å². The van der Waals surface area contributed by atoms with Crippen molar-refractivity contribution in [2.24, 2.45) is 17.8 Å². The summed E-state index contributed by atoms with van der Waals surface area (Å²) in [6.07, 6.45) is 7.34. The van der Waals surface area contributed by atoms with Gasteiger partial charge in [-0.3, -0.25) is 4.79 Å². The average Bonchev–Trinajstić information content (AvgIpc) is 3.27. The zero-order chi connectivity index (χ0) is 16.7. The third-order valence-corrected chi connectivity index (χ3v) is 5.56. The lowest BCUT2D eigenvalue weighted by atomic mass is 10.0. The van der Waals surface area contributed by atoms with Gasteiger partial charge in [-0.1, -0.05) is 6.58 Å². The quantitative estimate of drug-likeness (QED) is 0.874. The number of rotatable bonds is 4. The van der Waals surface area contributed by atoms with Gasteiger partial charge in [0.2, 0.25) is 5.91 Å². The van der Waals surface area contributed by atoms with E-state index in [2.05, 4.69) is 33.5 Å². The second kappa shape index (κ2) is 5.92. The van der Waals surface area contributed by atoms with Crippen LogP contribution in [-0.2, 0) is 4.79 Å². The number of fused-ring (bicyclic) bond motifs is 2. The monoisotopic (exact) mass is 325 g/mol. The Balaban J connectivity index is 1.40. The van der Waals surface area contributed by atoms with Crippen molar-refractivity contribution in [2.45, 2.75) is 12.8 Å². The van der Waals surface area contributed by atoms with Crippen LogP contribution in [0.3, 0.4) is 0 Å². The van der Waals surface area contributed by atoms with Gasteiger partial charge in [0.1, 0.15) is 17.8 Å². The van der Waals surface area contributed by atoms with E-state index in [4.69, 9.17) is 0 Å². The SMILES string of the molecule is C=CC(=O)N1CC2CC(CN(C)c3ncnc4[nH]ccc34)CC2C1.